The quantitative estimate of drug-likeness (QED) is 0.482. The molecule has 1 rings (SSSR count). The van der Waals surface area contributed by atoms with E-state index in [0.717, 1.165) is 13.0 Å². The maximum absolute atomic E-state index is 11.7. The van der Waals surface area contributed by atoms with Gasteiger partial charge in [0.2, 0.25) is 5.91 Å². The third-order valence-corrected chi connectivity index (χ3v) is 2.89. The number of nitrogens with one attached hydrogen (secondary N) is 2. The van der Waals surface area contributed by atoms with Gasteiger partial charge >= 0.3 is 5.97 Å². The molecule has 0 saturated carbocycles. The summed E-state index contributed by atoms with van der Waals surface area (Å²) in [5.74, 6) is -1.54. The van der Waals surface area contributed by atoms with E-state index in [2.05, 4.69) is 10.6 Å². The number of hydrogen-bond donors (Lipinski definition) is 4. The molecule has 1 amide bonds. The predicted molar refractivity (Wildman–Crippen MR) is 56.8 cm³/mol. The SMILES string of the molecule is CC1NCCC1C(=O)N[C@@H](CCO)C(=O)O. The number of aliphatic hydroxyl groups is 1. The largest absolute Gasteiger partial charge is 0.480 e. The van der Waals surface area contributed by atoms with Crippen molar-refractivity contribution in [3.63, 3.8) is 0 Å². The number of carboxylic acids is 1. The standard InChI is InChI=1S/C10H18N2O4/c1-6-7(2-4-11-6)9(14)12-8(3-5-13)10(15)16/h6-8,11,13H,2-5H2,1H3,(H,12,14)(H,15,16)/t6?,7?,8-/m0/s1. The van der Waals surface area contributed by atoms with Gasteiger partial charge in [-0.05, 0) is 19.9 Å². The number of hydrogen-bond acceptors (Lipinski definition) is 4. The van der Waals surface area contributed by atoms with Crippen LogP contribution < -0.4 is 10.6 Å². The summed E-state index contributed by atoms with van der Waals surface area (Å²) in [5.41, 5.74) is 0. The molecular weight excluding hydrogens is 212 g/mol. The number of amides is 1. The van der Waals surface area contributed by atoms with E-state index in [4.69, 9.17) is 10.2 Å². The first-order chi connectivity index (χ1) is 7.56. The zero-order valence-corrected chi connectivity index (χ0v) is 9.27. The molecule has 0 radical (unpaired) electrons. The van der Waals surface area contributed by atoms with Crippen molar-refractivity contribution < 1.29 is 19.8 Å². The number of rotatable bonds is 5. The highest BCUT2D eigenvalue weighted by atomic mass is 16.4. The van der Waals surface area contributed by atoms with Gasteiger partial charge in [0.1, 0.15) is 6.04 Å². The smallest absolute Gasteiger partial charge is 0.326 e. The molecule has 0 aromatic heterocycles. The molecule has 6 nitrogen and oxygen atoms in total. The van der Waals surface area contributed by atoms with Crippen LogP contribution in [0.5, 0.6) is 0 Å². The fourth-order valence-electron chi connectivity index (χ4n) is 1.88. The lowest BCUT2D eigenvalue weighted by Crippen LogP contribution is -2.46. The Kier molecular flexibility index (Phi) is 4.70. The minimum Gasteiger partial charge on any atom is -0.480 e. The second-order valence-corrected chi connectivity index (χ2v) is 4.05. The lowest BCUT2D eigenvalue weighted by molar-refractivity contribution is -0.143. The number of carbonyl (C=O) groups excluding carboxylic acids is 1. The Morgan fingerprint density at radius 3 is 2.69 bits per heavy atom. The number of aliphatic carboxylic acids is 1. The molecule has 4 N–H and O–H groups in total. The van der Waals surface area contributed by atoms with Crippen LogP contribution >= 0.6 is 0 Å². The van der Waals surface area contributed by atoms with E-state index in [0.29, 0.717) is 0 Å². The van der Waals surface area contributed by atoms with Gasteiger partial charge in [0.05, 0.1) is 5.92 Å². The van der Waals surface area contributed by atoms with Gasteiger partial charge in [-0.25, -0.2) is 4.79 Å². The summed E-state index contributed by atoms with van der Waals surface area (Å²) in [6, 6.07) is -0.922. The Hall–Kier alpha value is -1.14. The summed E-state index contributed by atoms with van der Waals surface area (Å²) in [7, 11) is 0. The molecule has 3 atom stereocenters. The molecule has 0 bridgehead atoms. The van der Waals surface area contributed by atoms with Crippen molar-refractivity contribution in [1.29, 1.82) is 0 Å². The molecule has 0 aliphatic carbocycles. The molecule has 0 aromatic rings. The Morgan fingerprint density at radius 2 is 2.25 bits per heavy atom. The molecule has 1 saturated heterocycles. The highest BCUT2D eigenvalue weighted by molar-refractivity contribution is 5.85. The summed E-state index contributed by atoms with van der Waals surface area (Å²) >= 11 is 0. The van der Waals surface area contributed by atoms with Crippen LogP contribution in [0.3, 0.4) is 0 Å². The first-order valence-electron chi connectivity index (χ1n) is 5.43. The average Bonchev–Trinajstić information content (AvgIpc) is 2.63. The fourth-order valence-corrected chi connectivity index (χ4v) is 1.88. The van der Waals surface area contributed by atoms with Crippen molar-refractivity contribution in [2.75, 3.05) is 13.2 Å². The second kappa shape index (κ2) is 5.81. The Morgan fingerprint density at radius 1 is 1.56 bits per heavy atom. The molecular formula is C10H18N2O4. The first-order valence-corrected chi connectivity index (χ1v) is 5.43. The number of aliphatic hydroxyl groups excluding tert-OH is 1. The lowest BCUT2D eigenvalue weighted by Gasteiger charge is -2.18. The van der Waals surface area contributed by atoms with E-state index in [9.17, 15) is 9.59 Å². The molecule has 1 heterocycles. The van der Waals surface area contributed by atoms with E-state index in [1.165, 1.54) is 0 Å². The van der Waals surface area contributed by atoms with Gasteiger partial charge in [0.25, 0.3) is 0 Å². The van der Waals surface area contributed by atoms with E-state index in [-0.39, 0.29) is 30.9 Å². The predicted octanol–water partition coefficient (Wildman–Crippen LogP) is -1.06. The zero-order chi connectivity index (χ0) is 12.1. The third kappa shape index (κ3) is 3.18. The van der Waals surface area contributed by atoms with Gasteiger partial charge in [-0.1, -0.05) is 0 Å². The van der Waals surface area contributed by atoms with Gasteiger partial charge < -0.3 is 20.8 Å². The van der Waals surface area contributed by atoms with Crippen molar-refractivity contribution in [2.24, 2.45) is 5.92 Å². The number of carboxylic acid groups (broad SMARTS) is 1. The zero-order valence-electron chi connectivity index (χ0n) is 9.27. The summed E-state index contributed by atoms with van der Waals surface area (Å²) in [6.45, 7) is 2.42. The van der Waals surface area contributed by atoms with Crippen molar-refractivity contribution in [1.82, 2.24) is 10.6 Å². The van der Waals surface area contributed by atoms with Gasteiger partial charge in [0, 0.05) is 19.1 Å². The number of carbonyl (C=O) groups is 2. The second-order valence-electron chi connectivity index (χ2n) is 4.05. The maximum atomic E-state index is 11.7. The molecule has 1 aliphatic heterocycles. The summed E-state index contributed by atoms with van der Waals surface area (Å²) in [5, 5.41) is 23.1. The lowest BCUT2D eigenvalue weighted by atomic mass is 10.0. The maximum Gasteiger partial charge on any atom is 0.326 e. The monoisotopic (exact) mass is 230 g/mol. The van der Waals surface area contributed by atoms with Crippen molar-refractivity contribution in [3.05, 3.63) is 0 Å². The Labute approximate surface area is 94.0 Å². The van der Waals surface area contributed by atoms with Crippen LogP contribution in [0.25, 0.3) is 0 Å². The molecule has 92 valence electrons. The average molecular weight is 230 g/mol. The summed E-state index contributed by atoms with van der Waals surface area (Å²) in [4.78, 5) is 22.5. The van der Waals surface area contributed by atoms with E-state index < -0.39 is 12.0 Å². The third-order valence-electron chi connectivity index (χ3n) is 2.89. The molecule has 0 spiro atoms. The van der Waals surface area contributed by atoms with Gasteiger partial charge in [-0.15, -0.1) is 0 Å². The van der Waals surface area contributed by atoms with Crippen LogP contribution in [0.1, 0.15) is 19.8 Å². The van der Waals surface area contributed by atoms with E-state index >= 15 is 0 Å². The summed E-state index contributed by atoms with van der Waals surface area (Å²) < 4.78 is 0. The van der Waals surface area contributed by atoms with Gasteiger partial charge in [-0.3, -0.25) is 4.79 Å². The van der Waals surface area contributed by atoms with Crippen LogP contribution in [-0.4, -0.2) is 47.3 Å². The topological polar surface area (TPSA) is 98.7 Å². The van der Waals surface area contributed by atoms with E-state index in [1.807, 2.05) is 6.92 Å². The van der Waals surface area contributed by atoms with Crippen LogP contribution in [0.4, 0.5) is 0 Å². The highest BCUT2D eigenvalue weighted by Gasteiger charge is 2.31. The van der Waals surface area contributed by atoms with Crippen LogP contribution in [0, 0.1) is 5.92 Å². The fraction of sp³-hybridized carbons (Fsp3) is 0.800. The minimum absolute atomic E-state index is 0.0373. The van der Waals surface area contributed by atoms with Gasteiger partial charge in [-0.2, -0.15) is 0 Å². The van der Waals surface area contributed by atoms with Crippen molar-refractivity contribution in [3.8, 4) is 0 Å². The Bertz CT molecular complexity index is 270. The molecule has 16 heavy (non-hydrogen) atoms. The van der Waals surface area contributed by atoms with Crippen molar-refractivity contribution >= 4 is 11.9 Å². The van der Waals surface area contributed by atoms with Crippen LogP contribution in [-0.2, 0) is 9.59 Å². The Balaban J connectivity index is 2.50. The van der Waals surface area contributed by atoms with Crippen LogP contribution in [0.2, 0.25) is 0 Å². The molecule has 6 heteroatoms. The minimum atomic E-state index is -1.11. The molecule has 1 fully saturated rings. The highest BCUT2D eigenvalue weighted by Crippen LogP contribution is 2.15. The summed E-state index contributed by atoms with van der Waals surface area (Å²) in [6.07, 6.45) is 0.758. The first kappa shape index (κ1) is 12.9. The van der Waals surface area contributed by atoms with E-state index in [1.54, 1.807) is 0 Å². The van der Waals surface area contributed by atoms with Crippen LogP contribution in [0.15, 0.2) is 0 Å². The van der Waals surface area contributed by atoms with Crippen molar-refractivity contribution in [2.45, 2.75) is 31.8 Å². The molecule has 0 aromatic carbocycles. The molecule has 1 aliphatic rings. The molecule has 2 unspecified atom stereocenters. The van der Waals surface area contributed by atoms with Gasteiger partial charge in [0.15, 0.2) is 0 Å². The normalized spacial score (nSPS) is 26.4.